The summed E-state index contributed by atoms with van der Waals surface area (Å²) in [7, 11) is 0. The van der Waals surface area contributed by atoms with Gasteiger partial charge in [-0.25, -0.2) is 4.79 Å². The zero-order chi connectivity index (χ0) is 16.1. The van der Waals surface area contributed by atoms with E-state index in [1.165, 1.54) is 12.8 Å². The van der Waals surface area contributed by atoms with Crippen LogP contribution in [0.3, 0.4) is 0 Å². The second kappa shape index (κ2) is 12.4. The lowest BCUT2D eigenvalue weighted by Crippen LogP contribution is -2.36. The van der Waals surface area contributed by atoms with Crippen LogP contribution in [-0.4, -0.2) is 59.6 Å². The highest BCUT2D eigenvalue weighted by atomic mass is 16.4. The summed E-state index contributed by atoms with van der Waals surface area (Å²) < 4.78 is 0. The molecule has 0 aliphatic carbocycles. The molecule has 124 valence electrons. The van der Waals surface area contributed by atoms with E-state index in [1.54, 1.807) is 4.90 Å². The molecular formula is C15H31N3O3. The van der Waals surface area contributed by atoms with Gasteiger partial charge in [-0.3, -0.25) is 4.79 Å². The van der Waals surface area contributed by atoms with Gasteiger partial charge >= 0.3 is 12.0 Å². The second-order valence-electron chi connectivity index (χ2n) is 5.32. The number of carboxylic acids is 1. The van der Waals surface area contributed by atoms with Gasteiger partial charge < -0.3 is 20.6 Å². The smallest absolute Gasteiger partial charge is 0.314 e. The van der Waals surface area contributed by atoms with Crippen molar-refractivity contribution >= 4 is 12.0 Å². The van der Waals surface area contributed by atoms with Crippen molar-refractivity contribution in [3.63, 3.8) is 0 Å². The van der Waals surface area contributed by atoms with Crippen molar-refractivity contribution in [2.45, 2.75) is 52.4 Å². The third-order valence-electron chi connectivity index (χ3n) is 3.55. The molecule has 1 rings (SSSR count). The summed E-state index contributed by atoms with van der Waals surface area (Å²) in [6, 6.07) is -0.262. The molecule has 0 unspecified atom stereocenters. The van der Waals surface area contributed by atoms with Crippen molar-refractivity contribution in [3.05, 3.63) is 0 Å². The summed E-state index contributed by atoms with van der Waals surface area (Å²) in [5, 5.41) is 8.40. The molecule has 1 aliphatic rings. The maximum Gasteiger partial charge on any atom is 0.314 e. The molecule has 0 bridgehead atoms. The fraction of sp³-hybridized carbons (Fsp3) is 0.867. The third-order valence-corrected chi connectivity index (χ3v) is 3.55. The van der Waals surface area contributed by atoms with Crippen LogP contribution in [0.1, 0.15) is 52.4 Å². The van der Waals surface area contributed by atoms with Crippen molar-refractivity contribution < 1.29 is 14.7 Å². The van der Waals surface area contributed by atoms with E-state index in [4.69, 9.17) is 10.8 Å². The Morgan fingerprint density at radius 2 is 1.67 bits per heavy atom. The number of hydrogen-bond donors (Lipinski definition) is 2. The summed E-state index contributed by atoms with van der Waals surface area (Å²) in [5.74, 6) is -0.709. The van der Waals surface area contributed by atoms with E-state index >= 15 is 0 Å². The normalized spacial score (nSPS) is 15.1. The van der Waals surface area contributed by atoms with Crippen LogP contribution in [0.4, 0.5) is 4.79 Å². The van der Waals surface area contributed by atoms with E-state index in [0.717, 1.165) is 45.4 Å². The predicted molar refractivity (Wildman–Crippen MR) is 84.3 cm³/mol. The Morgan fingerprint density at radius 1 is 1.10 bits per heavy atom. The lowest BCUT2D eigenvalue weighted by molar-refractivity contribution is -0.137. The van der Waals surface area contributed by atoms with Gasteiger partial charge in [0.1, 0.15) is 0 Å². The maximum atomic E-state index is 10.7. The number of amides is 2. The number of urea groups is 1. The average Bonchev–Trinajstić information content (AvgIpc) is 2.73. The van der Waals surface area contributed by atoms with E-state index in [0.29, 0.717) is 6.54 Å². The van der Waals surface area contributed by atoms with E-state index < -0.39 is 5.97 Å². The summed E-state index contributed by atoms with van der Waals surface area (Å²) in [6.45, 7) is 8.50. The molecule has 6 heteroatoms. The number of carboxylic acid groups (broad SMARTS) is 1. The van der Waals surface area contributed by atoms with Gasteiger partial charge in [-0.2, -0.15) is 0 Å². The monoisotopic (exact) mass is 301 g/mol. The largest absolute Gasteiger partial charge is 0.481 e. The van der Waals surface area contributed by atoms with Gasteiger partial charge in [0.2, 0.25) is 0 Å². The molecule has 0 spiro atoms. The molecule has 6 nitrogen and oxygen atoms in total. The Bertz CT molecular complexity index is 290. The molecule has 1 fully saturated rings. The molecular weight excluding hydrogens is 270 g/mol. The first-order valence-corrected chi connectivity index (χ1v) is 7.99. The van der Waals surface area contributed by atoms with Crippen LogP contribution < -0.4 is 5.73 Å². The minimum atomic E-state index is -0.709. The minimum Gasteiger partial charge on any atom is -0.481 e. The average molecular weight is 301 g/mol. The molecule has 0 saturated carbocycles. The number of nitrogens with zero attached hydrogens (tertiary/aromatic N) is 2. The van der Waals surface area contributed by atoms with Crippen LogP contribution in [0.25, 0.3) is 0 Å². The number of primary amides is 1. The molecule has 0 radical (unpaired) electrons. The fourth-order valence-electron chi connectivity index (χ4n) is 2.29. The highest BCUT2D eigenvalue weighted by Gasteiger charge is 2.10. The van der Waals surface area contributed by atoms with Crippen molar-refractivity contribution in [2.75, 3.05) is 32.7 Å². The van der Waals surface area contributed by atoms with Gasteiger partial charge in [0.25, 0.3) is 0 Å². The molecule has 0 aromatic heterocycles. The standard InChI is InChI=1S/C8H17NO2.C7H14N2O/c1-3-6-9(4-2)7-5-8(10)11;8-7(10)9-5-3-1-2-4-6-9/h3-7H2,1-2H3,(H,10,11);1-6H2,(H2,8,10). The van der Waals surface area contributed by atoms with Crippen molar-refractivity contribution in [2.24, 2.45) is 5.73 Å². The second-order valence-corrected chi connectivity index (χ2v) is 5.32. The Kier molecular flexibility index (Phi) is 11.7. The zero-order valence-electron chi connectivity index (χ0n) is 13.5. The summed E-state index contributed by atoms with van der Waals surface area (Å²) in [4.78, 5) is 24.7. The number of aliphatic carboxylic acids is 1. The van der Waals surface area contributed by atoms with Crippen LogP contribution in [-0.2, 0) is 4.79 Å². The lowest BCUT2D eigenvalue weighted by Gasteiger charge is -2.17. The van der Waals surface area contributed by atoms with E-state index in [1.807, 2.05) is 0 Å². The molecule has 1 saturated heterocycles. The molecule has 1 heterocycles. The Morgan fingerprint density at radius 3 is 2.05 bits per heavy atom. The van der Waals surface area contributed by atoms with Crippen LogP contribution in [0.15, 0.2) is 0 Å². The van der Waals surface area contributed by atoms with Gasteiger partial charge in [-0.15, -0.1) is 0 Å². The van der Waals surface area contributed by atoms with Crippen LogP contribution in [0.5, 0.6) is 0 Å². The number of rotatable bonds is 6. The molecule has 0 aromatic rings. The molecule has 2 amide bonds. The Labute approximate surface area is 128 Å². The van der Waals surface area contributed by atoms with Crippen molar-refractivity contribution in [1.29, 1.82) is 0 Å². The quantitative estimate of drug-likeness (QED) is 0.787. The fourth-order valence-corrected chi connectivity index (χ4v) is 2.29. The summed E-state index contributed by atoms with van der Waals surface area (Å²) in [5.41, 5.74) is 5.12. The first-order valence-electron chi connectivity index (χ1n) is 7.99. The number of carbonyl (C=O) groups is 2. The Hall–Kier alpha value is -1.30. The van der Waals surface area contributed by atoms with Crippen molar-refractivity contribution in [3.8, 4) is 0 Å². The minimum absolute atomic E-state index is 0.258. The van der Waals surface area contributed by atoms with Crippen LogP contribution in [0, 0.1) is 0 Å². The molecule has 0 atom stereocenters. The summed E-state index contributed by atoms with van der Waals surface area (Å²) >= 11 is 0. The molecule has 1 aliphatic heterocycles. The van der Waals surface area contributed by atoms with E-state index in [2.05, 4.69) is 18.7 Å². The third kappa shape index (κ3) is 11.1. The SMILES string of the molecule is CCCN(CC)CCC(=O)O.NC(=O)N1CCCCCC1. The lowest BCUT2D eigenvalue weighted by atomic mass is 10.2. The van der Waals surface area contributed by atoms with Crippen LogP contribution in [0.2, 0.25) is 0 Å². The number of hydrogen-bond acceptors (Lipinski definition) is 3. The van der Waals surface area contributed by atoms with Gasteiger partial charge in [-0.05, 0) is 32.4 Å². The van der Waals surface area contributed by atoms with Crippen molar-refractivity contribution in [1.82, 2.24) is 9.80 Å². The molecule has 3 N–H and O–H groups in total. The number of nitrogens with two attached hydrogens (primary N) is 1. The van der Waals surface area contributed by atoms with Gasteiger partial charge in [0.05, 0.1) is 6.42 Å². The zero-order valence-corrected chi connectivity index (χ0v) is 13.5. The maximum absolute atomic E-state index is 10.7. The molecule has 0 aromatic carbocycles. The number of carbonyl (C=O) groups excluding carboxylic acids is 1. The van der Waals surface area contributed by atoms with E-state index in [9.17, 15) is 9.59 Å². The first-order chi connectivity index (χ1) is 10.0. The first kappa shape index (κ1) is 19.7. The van der Waals surface area contributed by atoms with Gasteiger partial charge in [-0.1, -0.05) is 26.7 Å². The Balaban J connectivity index is 0.000000382. The predicted octanol–water partition coefficient (Wildman–Crippen LogP) is 2.13. The number of likely N-dealkylation sites (tertiary alicyclic amines) is 1. The van der Waals surface area contributed by atoms with Crippen LogP contribution >= 0.6 is 0 Å². The van der Waals surface area contributed by atoms with E-state index in [-0.39, 0.29) is 12.5 Å². The summed E-state index contributed by atoms with van der Waals surface area (Å²) in [6.07, 6.45) is 6.06. The topological polar surface area (TPSA) is 86.9 Å². The van der Waals surface area contributed by atoms with Gasteiger partial charge in [0.15, 0.2) is 0 Å². The highest BCUT2D eigenvalue weighted by molar-refractivity contribution is 5.71. The molecule has 21 heavy (non-hydrogen) atoms. The highest BCUT2D eigenvalue weighted by Crippen LogP contribution is 2.08. The van der Waals surface area contributed by atoms with Gasteiger partial charge in [0, 0.05) is 19.6 Å².